The zero-order chi connectivity index (χ0) is 19.5. The van der Waals surface area contributed by atoms with Crippen LogP contribution in [-0.2, 0) is 7.05 Å². The van der Waals surface area contributed by atoms with Gasteiger partial charge in [0.15, 0.2) is 0 Å². The van der Waals surface area contributed by atoms with E-state index in [4.69, 9.17) is 4.74 Å². The van der Waals surface area contributed by atoms with Crippen molar-refractivity contribution in [1.29, 1.82) is 0 Å². The number of carbonyl (C=O) groups is 1. The summed E-state index contributed by atoms with van der Waals surface area (Å²) in [6.45, 7) is 0. The summed E-state index contributed by atoms with van der Waals surface area (Å²) in [5.74, 6) is 1.33. The first-order chi connectivity index (χ1) is 13.7. The molecule has 0 aliphatic heterocycles. The molecule has 2 aromatic heterocycles. The fourth-order valence-electron chi connectivity index (χ4n) is 3.25. The standard InChI is InChI=1S/C22H20N4O2/c1-26-14-13-24-21(26)20(15-7-9-16(28-2)10-8-15)25-22(27)18-11-12-23-19-6-4-3-5-17(18)19/h3-14,20H,1-2H3,(H,25,27). The zero-order valence-corrected chi connectivity index (χ0v) is 15.7. The fourth-order valence-corrected chi connectivity index (χ4v) is 3.25. The highest BCUT2D eigenvalue weighted by Crippen LogP contribution is 2.24. The topological polar surface area (TPSA) is 69.0 Å². The van der Waals surface area contributed by atoms with Crippen LogP contribution in [0.25, 0.3) is 10.9 Å². The molecule has 1 N–H and O–H groups in total. The molecule has 1 unspecified atom stereocenters. The number of benzene rings is 2. The fraction of sp³-hybridized carbons (Fsp3) is 0.136. The van der Waals surface area contributed by atoms with E-state index in [-0.39, 0.29) is 5.91 Å². The summed E-state index contributed by atoms with van der Waals surface area (Å²) in [5, 5.41) is 3.95. The van der Waals surface area contributed by atoms with Gasteiger partial charge in [-0.05, 0) is 29.8 Å². The van der Waals surface area contributed by atoms with Crippen LogP contribution in [0.1, 0.15) is 27.8 Å². The maximum absolute atomic E-state index is 13.2. The van der Waals surface area contributed by atoms with Crippen LogP contribution in [-0.4, -0.2) is 27.6 Å². The first-order valence-corrected chi connectivity index (χ1v) is 8.93. The number of aryl methyl sites for hydroxylation is 1. The van der Waals surface area contributed by atoms with Gasteiger partial charge >= 0.3 is 0 Å². The smallest absolute Gasteiger partial charge is 0.252 e. The normalized spacial score (nSPS) is 11.9. The number of rotatable bonds is 5. The molecule has 1 amide bonds. The van der Waals surface area contributed by atoms with Crippen molar-refractivity contribution in [2.75, 3.05) is 7.11 Å². The molecule has 6 heteroatoms. The molecule has 0 fully saturated rings. The number of ether oxygens (including phenoxy) is 1. The van der Waals surface area contributed by atoms with Gasteiger partial charge in [-0.15, -0.1) is 0 Å². The maximum atomic E-state index is 13.2. The Balaban J connectivity index is 1.73. The Morgan fingerprint density at radius 1 is 1.04 bits per heavy atom. The van der Waals surface area contributed by atoms with Crippen molar-refractivity contribution in [2.24, 2.45) is 7.05 Å². The predicted octanol–water partition coefficient (Wildman–Crippen LogP) is 3.50. The van der Waals surface area contributed by atoms with Crippen LogP contribution >= 0.6 is 0 Å². The van der Waals surface area contributed by atoms with Crippen LogP contribution in [0.15, 0.2) is 73.2 Å². The number of para-hydroxylation sites is 1. The molecule has 4 aromatic rings. The van der Waals surface area contributed by atoms with Gasteiger partial charge in [0.25, 0.3) is 5.91 Å². The summed E-state index contributed by atoms with van der Waals surface area (Å²) < 4.78 is 7.15. The molecular weight excluding hydrogens is 352 g/mol. The minimum absolute atomic E-state index is 0.178. The van der Waals surface area contributed by atoms with E-state index >= 15 is 0 Å². The number of imidazole rings is 1. The first-order valence-electron chi connectivity index (χ1n) is 8.93. The van der Waals surface area contributed by atoms with Gasteiger partial charge in [-0.1, -0.05) is 30.3 Å². The molecule has 140 valence electrons. The van der Waals surface area contributed by atoms with Gasteiger partial charge in [0.2, 0.25) is 0 Å². The van der Waals surface area contributed by atoms with E-state index in [1.54, 1.807) is 25.6 Å². The Morgan fingerprint density at radius 2 is 1.82 bits per heavy atom. The Kier molecular flexibility index (Phi) is 4.76. The molecule has 0 bridgehead atoms. The first kappa shape index (κ1) is 17.7. The van der Waals surface area contributed by atoms with E-state index in [1.165, 1.54) is 0 Å². The molecule has 2 heterocycles. The zero-order valence-electron chi connectivity index (χ0n) is 15.7. The second kappa shape index (κ2) is 7.52. The lowest BCUT2D eigenvalue weighted by Crippen LogP contribution is -2.31. The van der Waals surface area contributed by atoms with E-state index in [9.17, 15) is 4.79 Å². The van der Waals surface area contributed by atoms with E-state index < -0.39 is 6.04 Å². The third-order valence-corrected chi connectivity index (χ3v) is 4.73. The van der Waals surface area contributed by atoms with Crippen molar-refractivity contribution in [3.05, 3.63) is 90.1 Å². The van der Waals surface area contributed by atoms with E-state index in [0.29, 0.717) is 5.56 Å². The second-order valence-electron chi connectivity index (χ2n) is 6.45. The Labute approximate surface area is 162 Å². The number of amides is 1. The Bertz CT molecular complexity index is 1110. The lowest BCUT2D eigenvalue weighted by Gasteiger charge is -2.20. The highest BCUT2D eigenvalue weighted by molar-refractivity contribution is 6.06. The van der Waals surface area contributed by atoms with Gasteiger partial charge in [-0.25, -0.2) is 4.98 Å². The third-order valence-electron chi connectivity index (χ3n) is 4.73. The summed E-state index contributed by atoms with van der Waals surface area (Å²) in [4.78, 5) is 22.0. The number of pyridine rings is 1. The van der Waals surface area contributed by atoms with Crippen molar-refractivity contribution in [1.82, 2.24) is 19.9 Å². The quantitative estimate of drug-likeness (QED) is 0.582. The largest absolute Gasteiger partial charge is 0.497 e. The summed E-state index contributed by atoms with van der Waals surface area (Å²) in [7, 11) is 3.54. The number of aromatic nitrogens is 3. The van der Waals surface area contributed by atoms with Crippen molar-refractivity contribution in [3.63, 3.8) is 0 Å². The molecular formula is C22H20N4O2. The summed E-state index contributed by atoms with van der Waals surface area (Å²) in [6.07, 6.45) is 5.24. The van der Waals surface area contributed by atoms with Gasteiger partial charge in [0.05, 0.1) is 18.2 Å². The number of carbonyl (C=O) groups excluding carboxylic acids is 1. The highest BCUT2D eigenvalue weighted by Gasteiger charge is 2.22. The van der Waals surface area contributed by atoms with E-state index in [1.807, 2.05) is 66.3 Å². The van der Waals surface area contributed by atoms with Gasteiger partial charge in [0.1, 0.15) is 17.6 Å². The molecule has 28 heavy (non-hydrogen) atoms. The molecule has 0 aliphatic rings. The molecule has 1 atom stereocenters. The number of nitrogens with one attached hydrogen (secondary N) is 1. The van der Waals surface area contributed by atoms with Gasteiger partial charge in [-0.2, -0.15) is 0 Å². The Morgan fingerprint density at radius 3 is 2.54 bits per heavy atom. The van der Waals surface area contributed by atoms with Crippen LogP contribution in [0.4, 0.5) is 0 Å². The van der Waals surface area contributed by atoms with Crippen LogP contribution in [0.5, 0.6) is 5.75 Å². The molecule has 0 aliphatic carbocycles. The average Bonchev–Trinajstić information content (AvgIpc) is 3.17. The number of methoxy groups -OCH3 is 1. The minimum atomic E-state index is -0.398. The summed E-state index contributed by atoms with van der Waals surface area (Å²) >= 11 is 0. The lowest BCUT2D eigenvalue weighted by atomic mass is 10.0. The predicted molar refractivity (Wildman–Crippen MR) is 107 cm³/mol. The van der Waals surface area contributed by atoms with Crippen molar-refractivity contribution in [3.8, 4) is 5.75 Å². The number of hydrogen-bond donors (Lipinski definition) is 1. The molecule has 0 saturated carbocycles. The second-order valence-corrected chi connectivity index (χ2v) is 6.45. The molecule has 4 rings (SSSR count). The average molecular weight is 372 g/mol. The number of fused-ring (bicyclic) bond motifs is 1. The number of nitrogens with zero attached hydrogens (tertiary/aromatic N) is 3. The van der Waals surface area contributed by atoms with E-state index in [2.05, 4.69) is 15.3 Å². The van der Waals surface area contributed by atoms with Crippen LogP contribution in [0.2, 0.25) is 0 Å². The maximum Gasteiger partial charge on any atom is 0.252 e. The van der Waals surface area contributed by atoms with E-state index in [0.717, 1.165) is 28.0 Å². The van der Waals surface area contributed by atoms with Gasteiger partial charge < -0.3 is 14.6 Å². The SMILES string of the molecule is COc1ccc(C(NC(=O)c2ccnc3ccccc23)c2nccn2C)cc1. The molecule has 6 nitrogen and oxygen atoms in total. The molecule has 0 spiro atoms. The third kappa shape index (κ3) is 3.32. The van der Waals surface area contributed by atoms with Gasteiger partial charge in [0, 0.05) is 31.0 Å². The molecule has 0 radical (unpaired) electrons. The van der Waals surface area contributed by atoms with Crippen LogP contribution in [0.3, 0.4) is 0 Å². The minimum Gasteiger partial charge on any atom is -0.497 e. The number of hydrogen-bond acceptors (Lipinski definition) is 4. The van der Waals surface area contributed by atoms with Crippen LogP contribution in [0, 0.1) is 0 Å². The van der Waals surface area contributed by atoms with Crippen molar-refractivity contribution < 1.29 is 9.53 Å². The Hall–Kier alpha value is -3.67. The summed E-state index contributed by atoms with van der Waals surface area (Å²) in [6, 6.07) is 16.6. The highest BCUT2D eigenvalue weighted by atomic mass is 16.5. The van der Waals surface area contributed by atoms with Crippen LogP contribution < -0.4 is 10.1 Å². The molecule has 2 aromatic carbocycles. The van der Waals surface area contributed by atoms with Crippen molar-refractivity contribution >= 4 is 16.8 Å². The monoisotopic (exact) mass is 372 g/mol. The lowest BCUT2D eigenvalue weighted by molar-refractivity contribution is 0.0942. The van der Waals surface area contributed by atoms with Crippen molar-refractivity contribution in [2.45, 2.75) is 6.04 Å². The summed E-state index contributed by atoms with van der Waals surface area (Å²) in [5.41, 5.74) is 2.29. The van der Waals surface area contributed by atoms with Gasteiger partial charge in [-0.3, -0.25) is 9.78 Å². The molecule has 0 saturated heterocycles.